The minimum absolute atomic E-state index is 0.109. The Kier molecular flexibility index (Phi) is 4.51. The van der Waals surface area contributed by atoms with Gasteiger partial charge in [0.15, 0.2) is 5.16 Å². The summed E-state index contributed by atoms with van der Waals surface area (Å²) in [5, 5.41) is 5.82. The predicted octanol–water partition coefficient (Wildman–Crippen LogP) is 1.77. The maximum Gasteiger partial charge on any atom is 0.321 e. The lowest BCUT2D eigenvalue weighted by atomic mass is 10.3. The largest absolute Gasteiger partial charge is 0.341 e. The van der Waals surface area contributed by atoms with Crippen LogP contribution in [0.5, 0.6) is 0 Å². The maximum absolute atomic E-state index is 11.5. The highest BCUT2D eigenvalue weighted by molar-refractivity contribution is 7.99. The fraction of sp³-hybridized carbons (Fsp3) is 0.250. The third kappa shape index (κ3) is 3.23. The Morgan fingerprint density at radius 3 is 2.90 bits per heavy atom. The van der Waals surface area contributed by atoms with E-state index in [0.29, 0.717) is 10.2 Å². The summed E-state index contributed by atoms with van der Waals surface area (Å²) < 4.78 is 1.88. The van der Waals surface area contributed by atoms with E-state index in [1.807, 2.05) is 17.7 Å². The zero-order chi connectivity index (χ0) is 14.7. The molecule has 0 saturated heterocycles. The van der Waals surface area contributed by atoms with E-state index < -0.39 is 6.03 Å². The van der Waals surface area contributed by atoms with Gasteiger partial charge in [-0.15, -0.1) is 0 Å². The van der Waals surface area contributed by atoms with Crippen molar-refractivity contribution in [1.29, 1.82) is 0 Å². The molecule has 0 bridgehead atoms. The molecule has 8 heteroatoms. The fourth-order valence-corrected chi connectivity index (χ4v) is 2.59. The number of aryl methyl sites for hydroxylation is 1. The second-order valence-corrected chi connectivity index (χ2v) is 5.38. The lowest BCUT2D eigenvalue weighted by Crippen LogP contribution is -2.38. The number of nitrogens with zero attached hydrogens (tertiary/aromatic N) is 2. The van der Waals surface area contributed by atoms with Gasteiger partial charge >= 0.3 is 6.03 Å². The molecule has 1 heterocycles. The van der Waals surface area contributed by atoms with E-state index >= 15 is 0 Å². The van der Waals surface area contributed by atoms with Crippen LogP contribution in [0.4, 0.5) is 4.79 Å². The van der Waals surface area contributed by atoms with Crippen LogP contribution in [0.1, 0.15) is 0 Å². The molecule has 2 rings (SSSR count). The van der Waals surface area contributed by atoms with Gasteiger partial charge in [-0.05, 0) is 18.2 Å². The maximum atomic E-state index is 11.5. The van der Waals surface area contributed by atoms with Crippen molar-refractivity contribution in [3.63, 3.8) is 0 Å². The van der Waals surface area contributed by atoms with Gasteiger partial charge in [0.05, 0.1) is 16.8 Å². The molecule has 0 aliphatic carbocycles. The number of imidazole rings is 1. The quantitative estimate of drug-likeness (QED) is 0.847. The molecule has 0 aliphatic rings. The number of carbonyl (C=O) groups excluding carboxylic acids is 2. The number of rotatable bonds is 3. The number of thioether (sulfide) groups is 1. The average Bonchev–Trinajstić information content (AvgIpc) is 2.72. The van der Waals surface area contributed by atoms with Gasteiger partial charge < -0.3 is 9.88 Å². The summed E-state index contributed by atoms with van der Waals surface area (Å²) in [7, 11) is 3.31. The molecule has 0 spiro atoms. The zero-order valence-electron chi connectivity index (χ0n) is 10.9. The summed E-state index contributed by atoms with van der Waals surface area (Å²) in [6.07, 6.45) is 0. The van der Waals surface area contributed by atoms with Crippen LogP contribution in [-0.2, 0) is 11.8 Å². The molecule has 0 radical (unpaired) electrons. The molecule has 1 aromatic carbocycles. The Hall–Kier alpha value is -1.73. The Labute approximate surface area is 124 Å². The zero-order valence-corrected chi connectivity index (χ0v) is 12.5. The van der Waals surface area contributed by atoms with Crippen LogP contribution < -0.4 is 10.6 Å². The number of benzene rings is 1. The second kappa shape index (κ2) is 6.15. The molecular formula is C12H13ClN4O2S. The molecule has 0 aliphatic heterocycles. The van der Waals surface area contributed by atoms with E-state index in [2.05, 4.69) is 15.6 Å². The number of hydrogen-bond donors (Lipinski definition) is 2. The molecular weight excluding hydrogens is 300 g/mol. The molecule has 2 N–H and O–H groups in total. The molecule has 106 valence electrons. The highest BCUT2D eigenvalue weighted by atomic mass is 35.5. The van der Waals surface area contributed by atoms with Crippen LogP contribution in [0.2, 0.25) is 5.02 Å². The smallest absolute Gasteiger partial charge is 0.321 e. The van der Waals surface area contributed by atoms with Gasteiger partial charge in [0, 0.05) is 19.1 Å². The number of urea groups is 1. The Morgan fingerprint density at radius 1 is 1.45 bits per heavy atom. The van der Waals surface area contributed by atoms with Crippen molar-refractivity contribution >= 4 is 46.3 Å². The van der Waals surface area contributed by atoms with Gasteiger partial charge in [0.1, 0.15) is 0 Å². The normalized spacial score (nSPS) is 10.6. The van der Waals surface area contributed by atoms with Gasteiger partial charge in [-0.3, -0.25) is 10.1 Å². The number of halogens is 1. The van der Waals surface area contributed by atoms with Crippen LogP contribution in [0, 0.1) is 0 Å². The summed E-state index contributed by atoms with van der Waals surface area (Å²) in [6.45, 7) is 0. The molecule has 0 unspecified atom stereocenters. The number of carbonyl (C=O) groups is 2. The lowest BCUT2D eigenvalue weighted by Gasteiger charge is -2.03. The van der Waals surface area contributed by atoms with E-state index in [0.717, 1.165) is 11.0 Å². The van der Waals surface area contributed by atoms with Crippen LogP contribution in [-0.4, -0.2) is 34.3 Å². The third-order valence-corrected chi connectivity index (χ3v) is 3.88. The van der Waals surface area contributed by atoms with Gasteiger partial charge in [-0.1, -0.05) is 23.4 Å². The molecule has 3 amide bonds. The highest BCUT2D eigenvalue weighted by Crippen LogP contribution is 2.24. The van der Waals surface area contributed by atoms with Crippen molar-refractivity contribution in [1.82, 2.24) is 20.2 Å². The fourth-order valence-electron chi connectivity index (χ4n) is 1.64. The Morgan fingerprint density at radius 2 is 2.20 bits per heavy atom. The first kappa shape index (κ1) is 14.7. The number of amides is 3. The minimum Gasteiger partial charge on any atom is -0.341 e. The first-order chi connectivity index (χ1) is 9.51. The molecule has 2 aromatic rings. The number of imide groups is 1. The van der Waals surface area contributed by atoms with Crippen LogP contribution in [0.25, 0.3) is 11.0 Å². The standard InChI is InChI=1S/C12H13ClN4O2S/c1-14-11(19)16-10(18)6-20-12-15-8-5-7(13)3-4-9(8)17(12)2/h3-5H,6H2,1-2H3,(H2,14,16,18,19). The summed E-state index contributed by atoms with van der Waals surface area (Å²) in [4.78, 5) is 26.9. The van der Waals surface area contributed by atoms with Crippen molar-refractivity contribution in [3.05, 3.63) is 23.2 Å². The molecule has 0 atom stereocenters. The van der Waals surface area contributed by atoms with E-state index in [4.69, 9.17) is 11.6 Å². The van der Waals surface area contributed by atoms with Gasteiger partial charge in [0.2, 0.25) is 5.91 Å². The number of hydrogen-bond acceptors (Lipinski definition) is 4. The van der Waals surface area contributed by atoms with Crippen LogP contribution in [0.15, 0.2) is 23.4 Å². The van der Waals surface area contributed by atoms with E-state index in [9.17, 15) is 9.59 Å². The molecule has 0 saturated carbocycles. The summed E-state index contributed by atoms with van der Waals surface area (Å²) in [5.74, 6) is -0.266. The van der Waals surface area contributed by atoms with Crippen LogP contribution >= 0.6 is 23.4 Å². The van der Waals surface area contributed by atoms with Crippen molar-refractivity contribution < 1.29 is 9.59 Å². The SMILES string of the molecule is CNC(=O)NC(=O)CSc1nc2cc(Cl)ccc2n1C. The van der Waals surface area contributed by atoms with Crippen molar-refractivity contribution in [3.8, 4) is 0 Å². The summed E-state index contributed by atoms with van der Waals surface area (Å²) >= 11 is 7.17. The second-order valence-electron chi connectivity index (χ2n) is 4.00. The van der Waals surface area contributed by atoms with Crippen molar-refractivity contribution in [2.75, 3.05) is 12.8 Å². The number of fused-ring (bicyclic) bond motifs is 1. The van der Waals surface area contributed by atoms with Crippen molar-refractivity contribution in [2.24, 2.45) is 7.05 Å². The summed E-state index contributed by atoms with van der Waals surface area (Å²) in [5.41, 5.74) is 1.71. The van der Waals surface area contributed by atoms with E-state index in [-0.39, 0.29) is 11.7 Å². The topological polar surface area (TPSA) is 76.0 Å². The van der Waals surface area contributed by atoms with Gasteiger partial charge in [-0.25, -0.2) is 9.78 Å². The number of nitrogens with one attached hydrogen (secondary N) is 2. The molecule has 20 heavy (non-hydrogen) atoms. The Bertz CT molecular complexity index is 671. The number of aromatic nitrogens is 2. The van der Waals surface area contributed by atoms with Gasteiger partial charge in [0.25, 0.3) is 0 Å². The van der Waals surface area contributed by atoms with Crippen LogP contribution in [0.3, 0.4) is 0 Å². The monoisotopic (exact) mass is 312 g/mol. The lowest BCUT2D eigenvalue weighted by molar-refractivity contribution is -0.117. The summed E-state index contributed by atoms with van der Waals surface area (Å²) in [6, 6.07) is 4.91. The molecule has 1 aromatic heterocycles. The van der Waals surface area contributed by atoms with E-state index in [1.165, 1.54) is 18.8 Å². The molecule has 6 nitrogen and oxygen atoms in total. The third-order valence-electron chi connectivity index (χ3n) is 2.61. The average molecular weight is 313 g/mol. The first-order valence-corrected chi connectivity index (χ1v) is 7.14. The highest BCUT2D eigenvalue weighted by Gasteiger charge is 2.12. The minimum atomic E-state index is -0.521. The Balaban J connectivity index is 2.08. The first-order valence-electron chi connectivity index (χ1n) is 5.77. The van der Waals surface area contributed by atoms with Crippen molar-refractivity contribution in [2.45, 2.75) is 5.16 Å². The molecule has 0 fully saturated rings. The predicted molar refractivity (Wildman–Crippen MR) is 79.0 cm³/mol. The van der Waals surface area contributed by atoms with Gasteiger partial charge in [-0.2, -0.15) is 0 Å². The van der Waals surface area contributed by atoms with E-state index in [1.54, 1.807) is 12.1 Å².